The highest BCUT2D eigenvalue weighted by Crippen LogP contribution is 2.42. The van der Waals surface area contributed by atoms with E-state index in [0.29, 0.717) is 17.1 Å². The fourth-order valence-corrected chi connectivity index (χ4v) is 2.73. The zero-order valence-corrected chi connectivity index (χ0v) is 16.8. The van der Waals surface area contributed by atoms with Crippen molar-refractivity contribution in [2.24, 2.45) is 10.4 Å². The van der Waals surface area contributed by atoms with E-state index in [9.17, 15) is 4.79 Å². The van der Waals surface area contributed by atoms with Gasteiger partial charge in [-0.15, -0.1) is 24.0 Å². The quantitative estimate of drug-likeness (QED) is 0.343. The molecule has 1 heterocycles. The first kappa shape index (κ1) is 20.7. The molecule has 6 nitrogen and oxygen atoms in total. The minimum Gasteiger partial charge on any atom is -0.357 e. The smallest absolute Gasteiger partial charge is 0.246 e. The number of carbonyl (C=O) groups is 1. The lowest BCUT2D eigenvalue weighted by atomic mass is 9.67. The van der Waals surface area contributed by atoms with Crippen LogP contribution in [0, 0.1) is 5.41 Å². The molecule has 0 atom stereocenters. The Hall–Kier alpha value is -1.38. The third-order valence-electron chi connectivity index (χ3n) is 4.47. The molecule has 1 aromatic heterocycles. The van der Waals surface area contributed by atoms with Crippen LogP contribution in [0.15, 0.2) is 29.5 Å². The number of nitrogens with zero attached hydrogens (tertiary/aromatic N) is 2. The highest BCUT2D eigenvalue weighted by atomic mass is 127. The summed E-state index contributed by atoms with van der Waals surface area (Å²) in [6.07, 6.45) is 8.34. The van der Waals surface area contributed by atoms with Crippen molar-refractivity contribution in [2.45, 2.75) is 39.5 Å². The summed E-state index contributed by atoms with van der Waals surface area (Å²) in [6, 6.07) is 3.59. The Balaban J connectivity index is 0.00000288. The van der Waals surface area contributed by atoms with Crippen LogP contribution in [0.1, 0.15) is 39.5 Å². The van der Waals surface area contributed by atoms with Crippen LogP contribution in [0.5, 0.6) is 0 Å². The molecule has 1 saturated carbocycles. The van der Waals surface area contributed by atoms with Gasteiger partial charge >= 0.3 is 0 Å². The molecule has 134 valence electrons. The zero-order valence-electron chi connectivity index (χ0n) is 14.5. The second-order valence-corrected chi connectivity index (χ2v) is 6.05. The van der Waals surface area contributed by atoms with E-state index in [4.69, 9.17) is 0 Å². The molecule has 1 aliphatic rings. The minimum atomic E-state index is -0.149. The molecular formula is C17H28IN5O. The van der Waals surface area contributed by atoms with Gasteiger partial charge in [0.05, 0.1) is 11.9 Å². The summed E-state index contributed by atoms with van der Waals surface area (Å²) < 4.78 is 0. The van der Waals surface area contributed by atoms with Gasteiger partial charge in [-0.05, 0) is 43.7 Å². The highest BCUT2D eigenvalue weighted by Gasteiger charge is 2.34. The molecule has 0 bridgehead atoms. The van der Waals surface area contributed by atoms with Crippen LogP contribution in [-0.2, 0) is 4.79 Å². The van der Waals surface area contributed by atoms with Gasteiger partial charge in [0, 0.05) is 19.3 Å². The third-order valence-corrected chi connectivity index (χ3v) is 4.47. The third kappa shape index (κ3) is 6.26. The average molecular weight is 445 g/mol. The number of anilines is 1. The maximum Gasteiger partial charge on any atom is 0.246 e. The maximum absolute atomic E-state index is 11.9. The van der Waals surface area contributed by atoms with Gasteiger partial charge in [0.15, 0.2) is 5.96 Å². The number of aliphatic imine (C=N–C) groups is 1. The predicted molar refractivity (Wildman–Crippen MR) is 109 cm³/mol. The van der Waals surface area contributed by atoms with E-state index in [2.05, 4.69) is 32.9 Å². The van der Waals surface area contributed by atoms with E-state index in [-0.39, 0.29) is 36.4 Å². The first-order chi connectivity index (χ1) is 11.2. The average Bonchev–Trinajstić information content (AvgIpc) is 2.53. The predicted octanol–water partition coefficient (Wildman–Crippen LogP) is 2.77. The van der Waals surface area contributed by atoms with Crippen LogP contribution < -0.4 is 16.0 Å². The second kappa shape index (κ2) is 10.5. The molecule has 0 unspecified atom stereocenters. The second-order valence-electron chi connectivity index (χ2n) is 6.05. The number of aromatic nitrogens is 1. The van der Waals surface area contributed by atoms with E-state index in [1.807, 2.05) is 6.92 Å². The number of amides is 1. The summed E-state index contributed by atoms with van der Waals surface area (Å²) in [5, 5.41) is 9.35. The standard InChI is InChI=1S/C17H27N5O.HI/c1-3-17(8-6-9-17)13-21-16(19-4-2)20-12-15(23)22-14-7-5-10-18-11-14;/h5,7,10-11H,3-4,6,8-9,12-13H2,1-2H3,(H,22,23)(H2,19,20,21);1H. The van der Waals surface area contributed by atoms with E-state index in [0.717, 1.165) is 13.1 Å². The number of nitrogens with one attached hydrogen (secondary N) is 3. The van der Waals surface area contributed by atoms with Crippen molar-refractivity contribution in [2.75, 3.05) is 25.0 Å². The molecule has 0 radical (unpaired) electrons. The first-order valence-electron chi connectivity index (χ1n) is 8.39. The lowest BCUT2D eigenvalue weighted by molar-refractivity contribution is -0.114. The molecule has 1 aromatic rings. The number of pyridine rings is 1. The van der Waals surface area contributed by atoms with Crippen molar-refractivity contribution in [1.29, 1.82) is 0 Å². The van der Waals surface area contributed by atoms with Crippen LogP contribution in [0.3, 0.4) is 0 Å². The van der Waals surface area contributed by atoms with Crippen molar-refractivity contribution >= 4 is 41.5 Å². The number of hydrogen-bond donors (Lipinski definition) is 3. The Kier molecular flexibility index (Phi) is 9.02. The number of guanidine groups is 1. The first-order valence-corrected chi connectivity index (χ1v) is 8.39. The maximum atomic E-state index is 11.9. The van der Waals surface area contributed by atoms with E-state index < -0.39 is 0 Å². The van der Waals surface area contributed by atoms with Gasteiger partial charge < -0.3 is 16.0 Å². The van der Waals surface area contributed by atoms with Crippen LogP contribution in [0.4, 0.5) is 5.69 Å². The largest absolute Gasteiger partial charge is 0.357 e. The van der Waals surface area contributed by atoms with Crippen molar-refractivity contribution in [3.63, 3.8) is 0 Å². The fourth-order valence-electron chi connectivity index (χ4n) is 2.73. The molecule has 0 aromatic carbocycles. The number of halogens is 1. The van der Waals surface area contributed by atoms with Crippen molar-refractivity contribution < 1.29 is 4.79 Å². The Morgan fingerprint density at radius 1 is 1.33 bits per heavy atom. The fraction of sp³-hybridized carbons (Fsp3) is 0.588. The van der Waals surface area contributed by atoms with Gasteiger partial charge in [0.2, 0.25) is 5.91 Å². The Morgan fingerprint density at radius 3 is 2.67 bits per heavy atom. The van der Waals surface area contributed by atoms with Crippen molar-refractivity contribution in [1.82, 2.24) is 15.6 Å². The molecule has 1 aliphatic carbocycles. The van der Waals surface area contributed by atoms with Gasteiger partial charge in [-0.2, -0.15) is 0 Å². The van der Waals surface area contributed by atoms with Crippen molar-refractivity contribution in [3.05, 3.63) is 24.5 Å². The Morgan fingerprint density at radius 2 is 2.12 bits per heavy atom. The topological polar surface area (TPSA) is 78.4 Å². The van der Waals surface area contributed by atoms with E-state index in [1.165, 1.54) is 25.7 Å². The van der Waals surface area contributed by atoms with E-state index >= 15 is 0 Å². The van der Waals surface area contributed by atoms with Crippen LogP contribution in [-0.4, -0.2) is 36.5 Å². The van der Waals surface area contributed by atoms with Gasteiger partial charge in [0.1, 0.15) is 6.54 Å². The number of rotatable bonds is 7. The molecule has 24 heavy (non-hydrogen) atoms. The number of hydrogen-bond acceptors (Lipinski definition) is 3. The molecule has 3 N–H and O–H groups in total. The summed E-state index contributed by atoms with van der Waals surface area (Å²) in [6.45, 7) is 6.04. The lowest BCUT2D eigenvalue weighted by Crippen LogP contribution is -2.46. The molecule has 0 saturated heterocycles. The SMILES string of the molecule is CCNC(=NCC(=O)Nc1cccnc1)NCC1(CC)CCC1.I. The normalized spacial score (nSPS) is 15.7. The molecule has 7 heteroatoms. The lowest BCUT2D eigenvalue weighted by Gasteiger charge is -2.41. The molecule has 2 rings (SSSR count). The summed E-state index contributed by atoms with van der Waals surface area (Å²) in [5.41, 5.74) is 1.10. The van der Waals surface area contributed by atoms with E-state index in [1.54, 1.807) is 24.5 Å². The van der Waals surface area contributed by atoms with Crippen LogP contribution >= 0.6 is 24.0 Å². The molecular weight excluding hydrogens is 417 g/mol. The number of carbonyl (C=O) groups excluding carboxylic acids is 1. The molecule has 1 amide bonds. The molecule has 0 spiro atoms. The monoisotopic (exact) mass is 445 g/mol. The molecule has 0 aliphatic heterocycles. The summed E-state index contributed by atoms with van der Waals surface area (Å²) in [5.74, 6) is 0.553. The van der Waals surface area contributed by atoms with Gasteiger partial charge in [-0.3, -0.25) is 9.78 Å². The van der Waals surface area contributed by atoms with Gasteiger partial charge in [-0.25, -0.2) is 4.99 Å². The minimum absolute atomic E-state index is 0. The van der Waals surface area contributed by atoms with Gasteiger partial charge in [-0.1, -0.05) is 13.3 Å². The Labute approximate surface area is 161 Å². The van der Waals surface area contributed by atoms with Crippen LogP contribution in [0.2, 0.25) is 0 Å². The highest BCUT2D eigenvalue weighted by molar-refractivity contribution is 14.0. The van der Waals surface area contributed by atoms with Crippen LogP contribution in [0.25, 0.3) is 0 Å². The molecule has 1 fully saturated rings. The summed E-state index contributed by atoms with van der Waals surface area (Å²) in [7, 11) is 0. The van der Waals surface area contributed by atoms with Gasteiger partial charge in [0.25, 0.3) is 0 Å². The summed E-state index contributed by atoms with van der Waals surface area (Å²) >= 11 is 0. The summed E-state index contributed by atoms with van der Waals surface area (Å²) in [4.78, 5) is 20.3. The Bertz CT molecular complexity index is 526. The zero-order chi connectivity index (χ0) is 16.5. The van der Waals surface area contributed by atoms with Crippen molar-refractivity contribution in [3.8, 4) is 0 Å².